The predicted octanol–water partition coefficient (Wildman–Crippen LogP) is 3.85. The van der Waals surface area contributed by atoms with Gasteiger partial charge in [-0.1, -0.05) is 32.9 Å². The lowest BCUT2D eigenvalue weighted by molar-refractivity contribution is -0.132. The normalized spacial score (nSPS) is 14.6. The van der Waals surface area contributed by atoms with Crippen LogP contribution in [0.15, 0.2) is 24.3 Å². The van der Waals surface area contributed by atoms with E-state index in [-0.39, 0.29) is 11.7 Å². The molecule has 0 spiro atoms. The zero-order valence-electron chi connectivity index (χ0n) is 17.2. The van der Waals surface area contributed by atoms with E-state index in [1.165, 1.54) is 12.1 Å². The number of carbonyl (C=O) groups is 1. The lowest BCUT2D eigenvalue weighted by atomic mass is 10.1. The van der Waals surface area contributed by atoms with E-state index in [2.05, 4.69) is 30.7 Å². The molecular formula is C22H29FN4O. The Balaban J connectivity index is 1.84. The van der Waals surface area contributed by atoms with Gasteiger partial charge in [0, 0.05) is 49.4 Å². The number of hydrogen-bond donors (Lipinski definition) is 0. The molecule has 2 aromatic rings. The van der Waals surface area contributed by atoms with Crippen LogP contribution in [0.4, 0.5) is 10.2 Å². The fourth-order valence-corrected chi connectivity index (χ4v) is 3.66. The number of anilines is 1. The fourth-order valence-electron chi connectivity index (χ4n) is 3.66. The molecule has 1 amide bonds. The topological polar surface area (TPSA) is 49.3 Å². The predicted molar refractivity (Wildman–Crippen MR) is 110 cm³/mol. The van der Waals surface area contributed by atoms with Crippen LogP contribution in [0.3, 0.4) is 0 Å². The van der Waals surface area contributed by atoms with Gasteiger partial charge in [-0.25, -0.2) is 14.4 Å². The number of hydrogen-bond acceptors (Lipinski definition) is 4. The van der Waals surface area contributed by atoms with Gasteiger partial charge in [-0.15, -0.1) is 0 Å². The highest BCUT2D eigenvalue weighted by Gasteiger charge is 2.25. The lowest BCUT2D eigenvalue weighted by Gasteiger charge is -2.36. The van der Waals surface area contributed by atoms with Gasteiger partial charge in [0.05, 0.1) is 0 Å². The summed E-state index contributed by atoms with van der Waals surface area (Å²) in [5, 5.41) is 0. The van der Waals surface area contributed by atoms with Crippen LogP contribution in [0.5, 0.6) is 0 Å². The first-order valence-electron chi connectivity index (χ1n) is 10.0. The number of halogens is 1. The van der Waals surface area contributed by atoms with Crippen molar-refractivity contribution in [3.8, 4) is 11.4 Å². The molecule has 1 aromatic heterocycles. The van der Waals surface area contributed by atoms with Gasteiger partial charge >= 0.3 is 0 Å². The molecule has 0 unspecified atom stereocenters. The van der Waals surface area contributed by atoms with Gasteiger partial charge < -0.3 is 9.80 Å². The maximum absolute atomic E-state index is 13.7. The van der Waals surface area contributed by atoms with Crippen molar-refractivity contribution >= 4 is 11.7 Å². The van der Waals surface area contributed by atoms with Crippen LogP contribution in [0.1, 0.15) is 38.4 Å². The molecule has 150 valence electrons. The van der Waals surface area contributed by atoms with Gasteiger partial charge in [-0.3, -0.25) is 4.79 Å². The van der Waals surface area contributed by atoms with Crippen LogP contribution < -0.4 is 4.90 Å². The molecule has 1 aliphatic rings. The van der Waals surface area contributed by atoms with Gasteiger partial charge in [-0.2, -0.15) is 0 Å². The zero-order chi connectivity index (χ0) is 20.3. The maximum Gasteiger partial charge on any atom is 0.222 e. The van der Waals surface area contributed by atoms with Crippen LogP contribution in [0.2, 0.25) is 0 Å². The summed E-state index contributed by atoms with van der Waals surface area (Å²) in [4.78, 5) is 25.9. The standard InChI is InChI=1S/C22H29FN4O/c1-5-19-16(4)24-21(17-7-6-8-18(23)14-17)25-22(19)27-11-9-26(10-12-27)20(28)13-15(2)3/h6-8,14-15H,5,9-13H2,1-4H3. The number of amides is 1. The molecule has 1 aliphatic heterocycles. The molecule has 0 N–H and O–H groups in total. The Labute approximate surface area is 166 Å². The first-order valence-corrected chi connectivity index (χ1v) is 10.0. The minimum atomic E-state index is -0.294. The van der Waals surface area contributed by atoms with Gasteiger partial charge in [0.1, 0.15) is 11.6 Å². The van der Waals surface area contributed by atoms with Crippen molar-refractivity contribution in [1.82, 2.24) is 14.9 Å². The van der Waals surface area contributed by atoms with E-state index in [9.17, 15) is 9.18 Å². The summed E-state index contributed by atoms with van der Waals surface area (Å²) in [5.74, 6) is 1.75. The van der Waals surface area contributed by atoms with Crippen molar-refractivity contribution in [1.29, 1.82) is 0 Å². The number of aryl methyl sites for hydroxylation is 1. The number of carbonyl (C=O) groups excluding carboxylic acids is 1. The second kappa shape index (κ2) is 8.67. The summed E-state index contributed by atoms with van der Waals surface area (Å²) in [6, 6.07) is 6.39. The smallest absolute Gasteiger partial charge is 0.222 e. The molecule has 1 saturated heterocycles. The van der Waals surface area contributed by atoms with Crippen LogP contribution in [0, 0.1) is 18.7 Å². The third-order valence-corrected chi connectivity index (χ3v) is 5.14. The minimum Gasteiger partial charge on any atom is -0.353 e. The average molecular weight is 384 g/mol. The molecule has 1 fully saturated rings. The van der Waals surface area contributed by atoms with Crippen molar-refractivity contribution in [2.45, 2.75) is 40.5 Å². The summed E-state index contributed by atoms with van der Waals surface area (Å²) < 4.78 is 13.7. The first-order chi connectivity index (χ1) is 13.4. The molecule has 3 rings (SSSR count). The van der Waals surface area contributed by atoms with Gasteiger partial charge in [0.25, 0.3) is 0 Å². The average Bonchev–Trinajstić information content (AvgIpc) is 2.67. The second-order valence-corrected chi connectivity index (χ2v) is 7.76. The molecule has 28 heavy (non-hydrogen) atoms. The Morgan fingerprint density at radius 3 is 2.50 bits per heavy atom. The first kappa shape index (κ1) is 20.2. The number of rotatable bonds is 5. The number of aromatic nitrogens is 2. The third-order valence-electron chi connectivity index (χ3n) is 5.14. The molecule has 0 aliphatic carbocycles. The van der Waals surface area contributed by atoms with Crippen LogP contribution in [-0.4, -0.2) is 47.0 Å². The highest BCUT2D eigenvalue weighted by molar-refractivity contribution is 5.76. The van der Waals surface area contributed by atoms with Crippen LogP contribution >= 0.6 is 0 Å². The number of nitrogens with zero attached hydrogens (tertiary/aromatic N) is 4. The Bertz CT molecular complexity index is 844. The van der Waals surface area contributed by atoms with Gasteiger partial charge in [0.15, 0.2) is 5.82 Å². The molecule has 1 aromatic carbocycles. The highest BCUT2D eigenvalue weighted by Crippen LogP contribution is 2.27. The van der Waals surface area contributed by atoms with E-state index in [1.807, 2.05) is 17.9 Å². The molecular weight excluding hydrogens is 355 g/mol. The van der Waals surface area contributed by atoms with E-state index in [4.69, 9.17) is 4.98 Å². The Morgan fingerprint density at radius 2 is 1.89 bits per heavy atom. The molecule has 0 radical (unpaired) electrons. The molecule has 0 saturated carbocycles. The molecule has 0 bridgehead atoms. The van der Waals surface area contributed by atoms with Gasteiger partial charge in [-0.05, 0) is 31.4 Å². The summed E-state index contributed by atoms with van der Waals surface area (Å²) in [7, 11) is 0. The quantitative estimate of drug-likeness (QED) is 0.786. The maximum atomic E-state index is 13.7. The van der Waals surface area contributed by atoms with E-state index in [0.29, 0.717) is 36.8 Å². The summed E-state index contributed by atoms with van der Waals surface area (Å²) >= 11 is 0. The monoisotopic (exact) mass is 384 g/mol. The van der Waals surface area contributed by atoms with Crippen molar-refractivity contribution in [2.75, 3.05) is 31.1 Å². The lowest BCUT2D eigenvalue weighted by Crippen LogP contribution is -2.49. The Morgan fingerprint density at radius 1 is 1.18 bits per heavy atom. The van der Waals surface area contributed by atoms with E-state index in [1.54, 1.807) is 6.07 Å². The third kappa shape index (κ3) is 4.49. The molecule has 2 heterocycles. The largest absolute Gasteiger partial charge is 0.353 e. The molecule has 5 nitrogen and oxygen atoms in total. The van der Waals surface area contributed by atoms with Crippen molar-refractivity contribution in [3.63, 3.8) is 0 Å². The fraction of sp³-hybridized carbons (Fsp3) is 0.500. The van der Waals surface area contributed by atoms with Crippen LogP contribution in [-0.2, 0) is 11.2 Å². The Hall–Kier alpha value is -2.50. The second-order valence-electron chi connectivity index (χ2n) is 7.76. The number of piperazine rings is 1. The Kier molecular flexibility index (Phi) is 6.27. The van der Waals surface area contributed by atoms with Crippen LogP contribution in [0.25, 0.3) is 11.4 Å². The molecule has 6 heteroatoms. The summed E-state index contributed by atoms with van der Waals surface area (Å²) in [6.45, 7) is 11.1. The van der Waals surface area contributed by atoms with Crippen molar-refractivity contribution < 1.29 is 9.18 Å². The van der Waals surface area contributed by atoms with E-state index in [0.717, 1.165) is 36.6 Å². The number of benzene rings is 1. The molecule has 0 atom stereocenters. The van der Waals surface area contributed by atoms with Crippen molar-refractivity contribution in [3.05, 3.63) is 41.3 Å². The highest BCUT2D eigenvalue weighted by atomic mass is 19.1. The zero-order valence-corrected chi connectivity index (χ0v) is 17.2. The van der Waals surface area contributed by atoms with E-state index >= 15 is 0 Å². The summed E-state index contributed by atoms with van der Waals surface area (Å²) in [5.41, 5.74) is 2.71. The minimum absolute atomic E-state index is 0.227. The van der Waals surface area contributed by atoms with Crippen molar-refractivity contribution in [2.24, 2.45) is 5.92 Å². The van der Waals surface area contributed by atoms with Gasteiger partial charge in [0.2, 0.25) is 5.91 Å². The SMILES string of the molecule is CCc1c(C)nc(-c2cccc(F)c2)nc1N1CCN(C(=O)CC(C)C)CC1. The summed E-state index contributed by atoms with van der Waals surface area (Å²) in [6.07, 6.45) is 1.42. The van der Waals surface area contributed by atoms with E-state index < -0.39 is 0 Å².